The standard InChI is InChI=1S/C17H11BrFNO/c18-15-10-14(19)7-8-16(15)20-17(21)13-6-5-11-3-1-2-4-12(11)9-13/h1-10H,(H,20,21). The van der Waals surface area contributed by atoms with Gasteiger partial charge in [-0.3, -0.25) is 4.79 Å². The van der Waals surface area contributed by atoms with Gasteiger partial charge in [0.1, 0.15) is 5.82 Å². The van der Waals surface area contributed by atoms with Crippen molar-refractivity contribution in [3.8, 4) is 0 Å². The van der Waals surface area contributed by atoms with E-state index in [1.807, 2.05) is 36.4 Å². The Morgan fingerprint density at radius 2 is 1.71 bits per heavy atom. The van der Waals surface area contributed by atoms with Crippen LogP contribution in [-0.4, -0.2) is 5.91 Å². The Morgan fingerprint density at radius 1 is 0.952 bits per heavy atom. The second-order valence-electron chi connectivity index (χ2n) is 4.64. The van der Waals surface area contributed by atoms with Crippen LogP contribution in [0.4, 0.5) is 10.1 Å². The van der Waals surface area contributed by atoms with Crippen molar-refractivity contribution in [3.63, 3.8) is 0 Å². The number of carbonyl (C=O) groups excluding carboxylic acids is 1. The average Bonchev–Trinajstić information content (AvgIpc) is 2.49. The summed E-state index contributed by atoms with van der Waals surface area (Å²) in [5.41, 5.74) is 1.10. The van der Waals surface area contributed by atoms with Gasteiger partial charge in [0.25, 0.3) is 5.91 Å². The molecule has 21 heavy (non-hydrogen) atoms. The Labute approximate surface area is 129 Å². The second kappa shape index (κ2) is 5.66. The molecule has 0 aliphatic carbocycles. The minimum Gasteiger partial charge on any atom is -0.321 e. The molecule has 0 aliphatic rings. The molecular weight excluding hydrogens is 333 g/mol. The number of hydrogen-bond acceptors (Lipinski definition) is 1. The van der Waals surface area contributed by atoms with Gasteiger partial charge in [0, 0.05) is 10.0 Å². The quantitative estimate of drug-likeness (QED) is 0.697. The molecule has 1 N–H and O–H groups in total. The van der Waals surface area contributed by atoms with Crippen molar-refractivity contribution in [2.24, 2.45) is 0 Å². The first kappa shape index (κ1) is 13.8. The summed E-state index contributed by atoms with van der Waals surface area (Å²) in [7, 11) is 0. The number of amides is 1. The van der Waals surface area contributed by atoms with Crippen LogP contribution in [0, 0.1) is 5.82 Å². The molecule has 0 fully saturated rings. The molecule has 0 heterocycles. The predicted molar refractivity (Wildman–Crippen MR) is 86.0 cm³/mol. The lowest BCUT2D eigenvalue weighted by Gasteiger charge is -2.08. The Balaban J connectivity index is 1.89. The normalized spacial score (nSPS) is 10.6. The van der Waals surface area contributed by atoms with Crippen molar-refractivity contribution < 1.29 is 9.18 Å². The van der Waals surface area contributed by atoms with Crippen LogP contribution in [0.15, 0.2) is 65.1 Å². The second-order valence-corrected chi connectivity index (χ2v) is 5.49. The maximum absolute atomic E-state index is 13.0. The fourth-order valence-electron chi connectivity index (χ4n) is 2.12. The predicted octanol–water partition coefficient (Wildman–Crippen LogP) is 4.99. The van der Waals surface area contributed by atoms with Crippen molar-refractivity contribution in [3.05, 3.63) is 76.5 Å². The number of fused-ring (bicyclic) bond motifs is 1. The van der Waals surface area contributed by atoms with Crippen LogP contribution in [0.5, 0.6) is 0 Å². The zero-order valence-electron chi connectivity index (χ0n) is 10.9. The van der Waals surface area contributed by atoms with Gasteiger partial charge in [-0.15, -0.1) is 0 Å². The van der Waals surface area contributed by atoms with E-state index in [1.165, 1.54) is 18.2 Å². The highest BCUT2D eigenvalue weighted by molar-refractivity contribution is 9.10. The Kier molecular flexibility index (Phi) is 3.71. The Hall–Kier alpha value is -2.20. The minimum absolute atomic E-state index is 0.229. The van der Waals surface area contributed by atoms with Crippen molar-refractivity contribution >= 4 is 38.3 Å². The largest absolute Gasteiger partial charge is 0.321 e. The minimum atomic E-state index is -0.356. The molecule has 104 valence electrons. The first-order valence-corrected chi connectivity index (χ1v) is 7.18. The summed E-state index contributed by atoms with van der Waals surface area (Å²) < 4.78 is 13.6. The van der Waals surface area contributed by atoms with E-state index in [0.717, 1.165) is 10.8 Å². The number of carbonyl (C=O) groups is 1. The molecule has 0 aromatic heterocycles. The number of benzene rings is 3. The van der Waals surface area contributed by atoms with Crippen molar-refractivity contribution in [1.29, 1.82) is 0 Å². The monoisotopic (exact) mass is 343 g/mol. The number of nitrogens with one attached hydrogen (secondary N) is 1. The van der Waals surface area contributed by atoms with E-state index in [4.69, 9.17) is 0 Å². The van der Waals surface area contributed by atoms with Gasteiger partial charge in [0.2, 0.25) is 0 Å². The molecule has 0 aliphatic heterocycles. The fraction of sp³-hybridized carbons (Fsp3) is 0. The smallest absolute Gasteiger partial charge is 0.255 e. The third-order valence-electron chi connectivity index (χ3n) is 3.19. The molecule has 0 radical (unpaired) electrons. The summed E-state index contributed by atoms with van der Waals surface area (Å²) in [6, 6.07) is 17.5. The summed E-state index contributed by atoms with van der Waals surface area (Å²) >= 11 is 3.23. The lowest BCUT2D eigenvalue weighted by Crippen LogP contribution is -2.12. The molecule has 0 spiro atoms. The maximum Gasteiger partial charge on any atom is 0.255 e. The highest BCUT2D eigenvalue weighted by Gasteiger charge is 2.09. The summed E-state index contributed by atoms with van der Waals surface area (Å²) in [5.74, 6) is -0.585. The molecule has 2 nitrogen and oxygen atoms in total. The average molecular weight is 344 g/mol. The van der Waals surface area contributed by atoms with Crippen LogP contribution < -0.4 is 5.32 Å². The van der Waals surface area contributed by atoms with Crippen LogP contribution >= 0.6 is 15.9 Å². The van der Waals surface area contributed by atoms with Gasteiger partial charge >= 0.3 is 0 Å². The number of anilines is 1. The molecule has 3 aromatic carbocycles. The maximum atomic E-state index is 13.0. The molecule has 0 saturated carbocycles. The third kappa shape index (κ3) is 2.95. The van der Waals surface area contributed by atoms with Crippen LogP contribution in [0.25, 0.3) is 10.8 Å². The van der Waals surface area contributed by atoms with E-state index in [9.17, 15) is 9.18 Å². The van der Waals surface area contributed by atoms with Gasteiger partial charge < -0.3 is 5.32 Å². The van der Waals surface area contributed by atoms with E-state index < -0.39 is 0 Å². The number of rotatable bonds is 2. The van der Waals surface area contributed by atoms with Gasteiger partial charge in [-0.1, -0.05) is 30.3 Å². The summed E-state index contributed by atoms with van der Waals surface area (Å²) in [4.78, 5) is 12.3. The Morgan fingerprint density at radius 3 is 2.48 bits per heavy atom. The SMILES string of the molecule is O=C(Nc1ccc(F)cc1Br)c1ccc2ccccc2c1. The lowest BCUT2D eigenvalue weighted by atomic mass is 10.1. The molecule has 0 saturated heterocycles. The van der Waals surface area contributed by atoms with E-state index in [-0.39, 0.29) is 11.7 Å². The van der Waals surface area contributed by atoms with Crippen molar-refractivity contribution in [2.75, 3.05) is 5.32 Å². The number of halogens is 2. The van der Waals surface area contributed by atoms with Crippen LogP contribution in [0.2, 0.25) is 0 Å². The van der Waals surface area contributed by atoms with Crippen molar-refractivity contribution in [1.82, 2.24) is 0 Å². The van der Waals surface area contributed by atoms with E-state index in [1.54, 1.807) is 6.07 Å². The van der Waals surface area contributed by atoms with Gasteiger partial charge in [-0.05, 0) is 57.0 Å². The summed E-state index contributed by atoms with van der Waals surface area (Å²) in [5, 5.41) is 4.85. The zero-order valence-corrected chi connectivity index (χ0v) is 12.5. The lowest BCUT2D eigenvalue weighted by molar-refractivity contribution is 0.102. The van der Waals surface area contributed by atoms with Crippen LogP contribution in [0.3, 0.4) is 0 Å². The van der Waals surface area contributed by atoms with E-state index >= 15 is 0 Å². The van der Waals surface area contributed by atoms with E-state index in [0.29, 0.717) is 15.7 Å². The molecular formula is C17H11BrFNO. The number of hydrogen-bond donors (Lipinski definition) is 1. The van der Waals surface area contributed by atoms with Crippen LogP contribution in [-0.2, 0) is 0 Å². The molecule has 0 atom stereocenters. The zero-order chi connectivity index (χ0) is 14.8. The third-order valence-corrected chi connectivity index (χ3v) is 3.85. The highest BCUT2D eigenvalue weighted by atomic mass is 79.9. The Bertz CT molecular complexity index is 832. The topological polar surface area (TPSA) is 29.1 Å². The molecule has 1 amide bonds. The van der Waals surface area contributed by atoms with E-state index in [2.05, 4.69) is 21.2 Å². The van der Waals surface area contributed by atoms with Crippen LogP contribution in [0.1, 0.15) is 10.4 Å². The van der Waals surface area contributed by atoms with Gasteiger partial charge in [0.05, 0.1) is 5.69 Å². The first-order valence-electron chi connectivity index (χ1n) is 6.39. The molecule has 4 heteroatoms. The summed E-state index contributed by atoms with van der Waals surface area (Å²) in [6.07, 6.45) is 0. The first-order chi connectivity index (χ1) is 10.1. The molecule has 3 rings (SSSR count). The fourth-order valence-corrected chi connectivity index (χ4v) is 2.57. The molecule has 0 unspecified atom stereocenters. The van der Waals surface area contributed by atoms with Crippen molar-refractivity contribution in [2.45, 2.75) is 0 Å². The van der Waals surface area contributed by atoms with Gasteiger partial charge in [0.15, 0.2) is 0 Å². The summed E-state index contributed by atoms with van der Waals surface area (Å²) in [6.45, 7) is 0. The molecule has 3 aromatic rings. The van der Waals surface area contributed by atoms with Gasteiger partial charge in [-0.2, -0.15) is 0 Å². The highest BCUT2D eigenvalue weighted by Crippen LogP contribution is 2.24. The molecule has 0 bridgehead atoms. The van der Waals surface area contributed by atoms with Gasteiger partial charge in [-0.25, -0.2) is 4.39 Å².